The second-order valence-electron chi connectivity index (χ2n) is 18.9. The van der Waals surface area contributed by atoms with E-state index in [0.717, 1.165) is 62.6 Å². The predicted octanol–water partition coefficient (Wildman–Crippen LogP) is 9.16. The van der Waals surface area contributed by atoms with Crippen LogP contribution in [0.5, 0.6) is 0 Å². The number of fused-ring (bicyclic) bond motifs is 4. The molecule has 0 aromatic carbocycles. The normalized spacial score (nSPS) is 30.9. The van der Waals surface area contributed by atoms with Crippen molar-refractivity contribution in [2.24, 2.45) is 52.3 Å². The van der Waals surface area contributed by atoms with Crippen molar-refractivity contribution in [2.75, 3.05) is 52.7 Å². The van der Waals surface area contributed by atoms with Gasteiger partial charge in [-0.1, -0.05) is 41.5 Å². The van der Waals surface area contributed by atoms with Crippen molar-refractivity contribution in [3.63, 3.8) is 0 Å². The summed E-state index contributed by atoms with van der Waals surface area (Å²) in [5, 5.41) is 0. The minimum atomic E-state index is -0.787. The molecule has 4 saturated carbocycles. The SMILES string of the molecule is CCN(CC)CCCOC(=O)OCC(COC(=O)CCCCC(=O)OCCC1(C)CC2CC(C)CC(C2)C1)COC(=O)CC1(C)CC2CC(C)CC(C2)C1. The zero-order valence-electron chi connectivity index (χ0n) is 34.8. The lowest BCUT2D eigenvalue weighted by atomic mass is 9.58. The number of nitrogens with zero attached hydrogens (tertiary/aromatic N) is 1. The monoisotopic (exact) mass is 762 g/mol. The molecule has 0 aromatic rings. The number of hydrogen-bond acceptors (Lipinski definition) is 10. The summed E-state index contributed by atoms with van der Waals surface area (Å²) in [5.41, 5.74) is 0.187. The standard InChI is InChI=1S/C44H75NO9/c1-7-45(8-2)15-11-16-51-42(49)54-31-38(30-53-41(48)28-44(6)26-36-20-33(4)21-37(23-36)27-44)29-52-40(47)13-10-9-12-39(46)50-17-14-43(5)24-34-18-32(3)19-35(22-34)25-43/h32-38H,7-31H2,1-6H3. The van der Waals surface area contributed by atoms with E-state index in [-0.39, 0.29) is 62.0 Å². The molecule has 5 unspecified atom stereocenters. The van der Waals surface area contributed by atoms with E-state index in [1.54, 1.807) is 0 Å². The molecule has 0 heterocycles. The Labute approximate surface area is 326 Å². The molecule has 10 nitrogen and oxygen atoms in total. The zero-order valence-corrected chi connectivity index (χ0v) is 34.8. The van der Waals surface area contributed by atoms with E-state index in [1.807, 2.05) is 0 Å². The number of ether oxygens (including phenoxy) is 5. The van der Waals surface area contributed by atoms with Crippen LogP contribution in [0, 0.1) is 52.3 Å². The lowest BCUT2D eigenvalue weighted by Gasteiger charge is -2.47. The van der Waals surface area contributed by atoms with Gasteiger partial charge < -0.3 is 28.6 Å². The summed E-state index contributed by atoms with van der Waals surface area (Å²) in [4.78, 5) is 52.8. The first-order valence-corrected chi connectivity index (χ1v) is 21.7. The Balaban J connectivity index is 1.14. The smallest absolute Gasteiger partial charge is 0.466 e. The van der Waals surface area contributed by atoms with Crippen molar-refractivity contribution in [1.82, 2.24) is 4.90 Å². The van der Waals surface area contributed by atoms with Crippen LogP contribution in [0.2, 0.25) is 0 Å². The van der Waals surface area contributed by atoms with Crippen molar-refractivity contribution >= 4 is 24.1 Å². The highest BCUT2D eigenvalue weighted by Crippen LogP contribution is 2.52. The molecule has 0 aromatic heterocycles. The van der Waals surface area contributed by atoms with Gasteiger partial charge in [0.05, 0.1) is 25.6 Å². The summed E-state index contributed by atoms with van der Waals surface area (Å²) in [7, 11) is 0. The van der Waals surface area contributed by atoms with Crippen LogP contribution in [0.4, 0.5) is 4.79 Å². The summed E-state index contributed by atoms with van der Waals surface area (Å²) in [6.07, 6.45) is 15.0. The zero-order chi connectivity index (χ0) is 39.1. The van der Waals surface area contributed by atoms with E-state index in [9.17, 15) is 19.2 Å². The van der Waals surface area contributed by atoms with Gasteiger partial charge in [-0.05, 0) is 149 Å². The minimum absolute atomic E-state index is 0.0212. The highest BCUT2D eigenvalue weighted by molar-refractivity contribution is 5.71. The molecule has 5 atom stereocenters. The first-order chi connectivity index (χ1) is 25.7. The van der Waals surface area contributed by atoms with Crippen LogP contribution >= 0.6 is 0 Å². The molecule has 4 bridgehead atoms. The van der Waals surface area contributed by atoms with Gasteiger partial charge in [-0.25, -0.2) is 4.79 Å². The number of carbonyl (C=O) groups excluding carboxylic acids is 4. The largest absolute Gasteiger partial charge is 0.508 e. The number of carbonyl (C=O) groups is 4. The van der Waals surface area contributed by atoms with Crippen LogP contribution in [0.25, 0.3) is 0 Å². The van der Waals surface area contributed by atoms with Crippen LogP contribution in [0.15, 0.2) is 0 Å². The minimum Gasteiger partial charge on any atom is -0.466 e. The Morgan fingerprint density at radius 3 is 1.61 bits per heavy atom. The van der Waals surface area contributed by atoms with E-state index in [4.69, 9.17) is 23.7 Å². The number of hydrogen-bond donors (Lipinski definition) is 0. The fourth-order valence-electron chi connectivity index (χ4n) is 11.0. The second-order valence-corrected chi connectivity index (χ2v) is 18.9. The van der Waals surface area contributed by atoms with Crippen molar-refractivity contribution in [3.8, 4) is 0 Å². The maximum atomic E-state index is 13.1. The molecule has 0 aliphatic heterocycles. The highest BCUT2D eigenvalue weighted by Gasteiger charge is 2.43. The molecule has 0 spiro atoms. The third-order valence-electron chi connectivity index (χ3n) is 13.1. The fourth-order valence-corrected chi connectivity index (χ4v) is 11.0. The average Bonchev–Trinajstić information content (AvgIpc) is 3.08. The van der Waals surface area contributed by atoms with Gasteiger partial charge in [0.25, 0.3) is 0 Å². The van der Waals surface area contributed by atoms with E-state index < -0.39 is 18.0 Å². The van der Waals surface area contributed by atoms with Crippen molar-refractivity contribution < 1.29 is 42.9 Å². The first kappa shape index (κ1) is 44.4. The summed E-state index contributed by atoms with van der Waals surface area (Å²) in [6, 6.07) is 0. The average molecular weight is 762 g/mol. The van der Waals surface area contributed by atoms with Crippen LogP contribution in [-0.4, -0.2) is 81.6 Å². The Morgan fingerprint density at radius 1 is 0.593 bits per heavy atom. The predicted molar refractivity (Wildman–Crippen MR) is 208 cm³/mol. The number of esters is 3. The van der Waals surface area contributed by atoms with Crippen LogP contribution < -0.4 is 0 Å². The molecule has 4 aliphatic carbocycles. The van der Waals surface area contributed by atoms with E-state index in [1.165, 1.54) is 51.4 Å². The quantitative estimate of drug-likeness (QED) is 0.0601. The topological polar surface area (TPSA) is 118 Å². The van der Waals surface area contributed by atoms with Gasteiger partial charge >= 0.3 is 24.1 Å². The molecule has 10 heteroatoms. The van der Waals surface area contributed by atoms with Gasteiger partial charge in [-0.15, -0.1) is 0 Å². The second kappa shape index (κ2) is 21.8. The third-order valence-corrected chi connectivity index (χ3v) is 13.1. The molecular formula is C44H75NO9. The van der Waals surface area contributed by atoms with Crippen molar-refractivity contribution in [2.45, 2.75) is 151 Å². The van der Waals surface area contributed by atoms with Gasteiger partial charge in [0, 0.05) is 19.4 Å². The molecule has 4 fully saturated rings. The Hall–Kier alpha value is -2.36. The van der Waals surface area contributed by atoms with Gasteiger partial charge in [0.1, 0.15) is 19.8 Å². The molecule has 54 heavy (non-hydrogen) atoms. The molecule has 310 valence electrons. The highest BCUT2D eigenvalue weighted by atomic mass is 16.7. The van der Waals surface area contributed by atoms with Gasteiger partial charge in [-0.2, -0.15) is 0 Å². The summed E-state index contributed by atoms with van der Waals surface area (Å²) in [6.45, 7) is 16.7. The molecule has 4 aliphatic rings. The van der Waals surface area contributed by atoms with E-state index in [2.05, 4.69) is 46.4 Å². The maximum Gasteiger partial charge on any atom is 0.508 e. The van der Waals surface area contributed by atoms with Gasteiger partial charge in [-0.3, -0.25) is 14.4 Å². The van der Waals surface area contributed by atoms with Gasteiger partial charge in [0.15, 0.2) is 0 Å². The molecule has 0 amide bonds. The van der Waals surface area contributed by atoms with Crippen molar-refractivity contribution in [3.05, 3.63) is 0 Å². The van der Waals surface area contributed by atoms with Crippen LogP contribution in [0.3, 0.4) is 0 Å². The van der Waals surface area contributed by atoms with Gasteiger partial charge in [0.2, 0.25) is 0 Å². The van der Waals surface area contributed by atoms with Crippen molar-refractivity contribution in [1.29, 1.82) is 0 Å². The summed E-state index contributed by atoms with van der Waals surface area (Å²) < 4.78 is 27.5. The summed E-state index contributed by atoms with van der Waals surface area (Å²) in [5.74, 6) is 3.18. The van der Waals surface area contributed by atoms with E-state index >= 15 is 0 Å². The molecule has 4 rings (SSSR count). The third kappa shape index (κ3) is 15.6. The lowest BCUT2D eigenvalue weighted by molar-refractivity contribution is -0.153. The number of unbranched alkanes of at least 4 members (excludes halogenated alkanes) is 1. The lowest BCUT2D eigenvalue weighted by Crippen LogP contribution is -2.38. The Bertz CT molecular complexity index is 1150. The van der Waals surface area contributed by atoms with E-state index in [0.29, 0.717) is 44.1 Å². The molecule has 0 saturated heterocycles. The Morgan fingerprint density at radius 2 is 1.07 bits per heavy atom. The van der Waals surface area contributed by atoms with Crippen LogP contribution in [0.1, 0.15) is 151 Å². The first-order valence-electron chi connectivity index (χ1n) is 21.7. The fraction of sp³-hybridized carbons (Fsp3) is 0.909. The Kier molecular flexibility index (Phi) is 17.9. The number of rotatable bonds is 22. The molecular weight excluding hydrogens is 686 g/mol. The van der Waals surface area contributed by atoms with Crippen LogP contribution in [-0.2, 0) is 38.1 Å². The maximum absolute atomic E-state index is 13.1. The molecule has 0 N–H and O–H groups in total. The summed E-state index contributed by atoms with van der Waals surface area (Å²) >= 11 is 0. The molecule has 0 radical (unpaired) electrons.